The van der Waals surface area contributed by atoms with Crippen molar-refractivity contribution in [2.24, 2.45) is 5.73 Å². The summed E-state index contributed by atoms with van der Waals surface area (Å²) in [6.45, 7) is 1.69. The van der Waals surface area contributed by atoms with Crippen LogP contribution in [0.2, 0.25) is 0 Å². The summed E-state index contributed by atoms with van der Waals surface area (Å²) in [6, 6.07) is 3.71. The molecule has 0 amide bonds. The molecule has 0 bridgehead atoms. The van der Waals surface area contributed by atoms with Crippen LogP contribution in [-0.4, -0.2) is 33.0 Å². The van der Waals surface area contributed by atoms with Gasteiger partial charge in [0.05, 0.1) is 32.4 Å². The van der Waals surface area contributed by atoms with E-state index in [1.165, 1.54) is 14.2 Å². The number of benzene rings is 1. The van der Waals surface area contributed by atoms with Crippen LogP contribution in [0.4, 0.5) is 4.39 Å². The molecule has 0 radical (unpaired) electrons. The highest BCUT2D eigenvalue weighted by atomic mass is 35.5. The zero-order valence-corrected chi connectivity index (χ0v) is 12.4. The molecule has 5 nitrogen and oxygen atoms in total. The van der Waals surface area contributed by atoms with Gasteiger partial charge in [-0.1, -0.05) is 6.07 Å². The fourth-order valence-corrected chi connectivity index (χ4v) is 1.72. The second-order valence-corrected chi connectivity index (χ2v) is 3.76. The van der Waals surface area contributed by atoms with Gasteiger partial charge in [-0.15, -0.1) is 12.4 Å². The minimum Gasteiger partial charge on any atom is -0.496 e. The lowest BCUT2D eigenvalue weighted by Gasteiger charge is -2.20. The molecule has 1 aromatic rings. The number of methoxy groups -OCH3 is 2. The summed E-state index contributed by atoms with van der Waals surface area (Å²) in [6.07, 6.45) is -1.98. The molecule has 0 heterocycles. The monoisotopic (exact) mass is 307 g/mol. The topological polar surface area (TPSA) is 70.8 Å². The molecular formula is C13H19ClFNO4. The SMILES string of the molecule is CCOC(=O)C(F)[C@H](N)c1c(OC)cccc1OC.Cl. The molecule has 1 rings (SSSR count). The van der Waals surface area contributed by atoms with Crippen molar-refractivity contribution in [1.82, 2.24) is 0 Å². The summed E-state index contributed by atoms with van der Waals surface area (Å²) < 4.78 is 28.8. The van der Waals surface area contributed by atoms with E-state index >= 15 is 0 Å². The maximum absolute atomic E-state index is 14.0. The van der Waals surface area contributed by atoms with Gasteiger partial charge in [-0.25, -0.2) is 9.18 Å². The Bertz CT molecular complexity index is 422. The zero-order chi connectivity index (χ0) is 14.4. The average molecular weight is 308 g/mol. The van der Waals surface area contributed by atoms with Gasteiger partial charge in [-0.2, -0.15) is 0 Å². The van der Waals surface area contributed by atoms with Crippen LogP contribution in [0.25, 0.3) is 0 Å². The Morgan fingerprint density at radius 3 is 2.20 bits per heavy atom. The van der Waals surface area contributed by atoms with E-state index in [9.17, 15) is 9.18 Å². The molecular weight excluding hydrogens is 289 g/mol. The number of hydrogen-bond donors (Lipinski definition) is 1. The highest BCUT2D eigenvalue weighted by molar-refractivity contribution is 5.85. The Morgan fingerprint density at radius 1 is 1.30 bits per heavy atom. The average Bonchev–Trinajstić information content (AvgIpc) is 2.44. The van der Waals surface area contributed by atoms with Gasteiger partial charge < -0.3 is 19.9 Å². The summed E-state index contributed by atoms with van der Waals surface area (Å²) in [5.74, 6) is -0.277. The number of hydrogen-bond acceptors (Lipinski definition) is 5. The van der Waals surface area contributed by atoms with Crippen LogP contribution in [0.3, 0.4) is 0 Å². The van der Waals surface area contributed by atoms with Gasteiger partial charge in [0, 0.05) is 0 Å². The standard InChI is InChI=1S/C13H18FNO4.ClH/c1-4-19-13(16)11(14)12(15)10-8(17-2)6-5-7-9(10)18-3;/h5-7,11-12H,4,15H2,1-3H3;1H/t11?,12-;/m1./s1. The van der Waals surface area contributed by atoms with Crippen LogP contribution in [0.15, 0.2) is 18.2 Å². The maximum Gasteiger partial charge on any atom is 0.342 e. The molecule has 7 heteroatoms. The van der Waals surface area contributed by atoms with Crippen LogP contribution in [0.1, 0.15) is 18.5 Å². The van der Waals surface area contributed by atoms with E-state index in [4.69, 9.17) is 15.2 Å². The number of carbonyl (C=O) groups excluding carboxylic acids is 1. The van der Waals surface area contributed by atoms with Gasteiger partial charge in [0.1, 0.15) is 11.5 Å². The molecule has 2 N–H and O–H groups in total. The zero-order valence-electron chi connectivity index (χ0n) is 11.6. The van der Waals surface area contributed by atoms with Gasteiger partial charge in [0.25, 0.3) is 0 Å². The quantitative estimate of drug-likeness (QED) is 0.814. The van der Waals surface area contributed by atoms with Crippen LogP contribution >= 0.6 is 12.4 Å². The molecule has 0 aromatic heterocycles. The fourth-order valence-electron chi connectivity index (χ4n) is 1.72. The summed E-state index contributed by atoms with van der Waals surface area (Å²) in [5.41, 5.74) is 6.09. The molecule has 0 fully saturated rings. The van der Waals surface area contributed by atoms with Gasteiger partial charge in [0.15, 0.2) is 0 Å². The summed E-state index contributed by atoms with van der Waals surface area (Å²) in [7, 11) is 2.87. The van der Waals surface area contributed by atoms with Crippen LogP contribution in [0.5, 0.6) is 11.5 Å². The van der Waals surface area contributed by atoms with Crippen molar-refractivity contribution in [3.8, 4) is 11.5 Å². The van der Waals surface area contributed by atoms with Crippen LogP contribution < -0.4 is 15.2 Å². The van der Waals surface area contributed by atoms with Gasteiger partial charge in [0.2, 0.25) is 6.17 Å². The number of rotatable bonds is 6. The minimum absolute atomic E-state index is 0. The van der Waals surface area contributed by atoms with Crippen molar-refractivity contribution in [1.29, 1.82) is 0 Å². The number of carbonyl (C=O) groups is 1. The van der Waals surface area contributed by atoms with E-state index in [2.05, 4.69) is 4.74 Å². The van der Waals surface area contributed by atoms with Gasteiger partial charge in [-0.3, -0.25) is 0 Å². The van der Waals surface area contributed by atoms with E-state index in [0.29, 0.717) is 17.1 Å². The largest absolute Gasteiger partial charge is 0.496 e. The third-order valence-corrected chi connectivity index (χ3v) is 2.63. The molecule has 1 aromatic carbocycles. The Labute approximate surface area is 123 Å². The van der Waals surface area contributed by atoms with E-state index < -0.39 is 18.2 Å². The summed E-state index contributed by atoms with van der Waals surface area (Å²) in [5, 5.41) is 0. The van der Waals surface area contributed by atoms with E-state index in [1.807, 2.05) is 0 Å². The van der Waals surface area contributed by atoms with Crippen molar-refractivity contribution in [3.05, 3.63) is 23.8 Å². The molecule has 0 aliphatic carbocycles. The first-order valence-electron chi connectivity index (χ1n) is 5.84. The lowest BCUT2D eigenvalue weighted by atomic mass is 10.0. The van der Waals surface area contributed by atoms with E-state index in [1.54, 1.807) is 25.1 Å². The predicted octanol–water partition coefficient (Wildman–Crippen LogP) is 2.03. The normalized spacial score (nSPS) is 12.8. The molecule has 0 spiro atoms. The number of ether oxygens (including phenoxy) is 3. The molecule has 114 valence electrons. The first-order chi connectivity index (χ1) is 9.06. The van der Waals surface area contributed by atoms with E-state index in [0.717, 1.165) is 0 Å². The Hall–Kier alpha value is -1.53. The Kier molecular flexibility index (Phi) is 7.94. The van der Waals surface area contributed by atoms with Gasteiger partial charge >= 0.3 is 5.97 Å². The summed E-state index contributed by atoms with van der Waals surface area (Å²) >= 11 is 0. The predicted molar refractivity (Wildman–Crippen MR) is 75.3 cm³/mol. The Morgan fingerprint density at radius 2 is 1.80 bits per heavy atom. The first kappa shape index (κ1) is 18.5. The smallest absolute Gasteiger partial charge is 0.342 e. The highest BCUT2D eigenvalue weighted by Gasteiger charge is 2.32. The molecule has 20 heavy (non-hydrogen) atoms. The third-order valence-electron chi connectivity index (χ3n) is 2.63. The number of alkyl halides is 1. The van der Waals surface area contributed by atoms with E-state index in [-0.39, 0.29) is 19.0 Å². The van der Waals surface area contributed by atoms with Crippen molar-refractivity contribution in [2.75, 3.05) is 20.8 Å². The van der Waals surface area contributed by atoms with Crippen LogP contribution in [0, 0.1) is 0 Å². The molecule has 0 aliphatic rings. The van der Waals surface area contributed by atoms with Gasteiger partial charge in [-0.05, 0) is 19.1 Å². The molecule has 2 atom stereocenters. The molecule has 0 saturated heterocycles. The second-order valence-electron chi connectivity index (χ2n) is 3.76. The second kappa shape index (κ2) is 8.60. The number of halogens is 2. The van der Waals surface area contributed by atoms with Crippen molar-refractivity contribution >= 4 is 18.4 Å². The van der Waals surface area contributed by atoms with Crippen molar-refractivity contribution < 1.29 is 23.4 Å². The Balaban J connectivity index is 0.00000361. The number of nitrogens with two attached hydrogens (primary N) is 1. The lowest BCUT2D eigenvalue weighted by molar-refractivity contribution is -0.149. The fraction of sp³-hybridized carbons (Fsp3) is 0.462. The minimum atomic E-state index is -1.98. The molecule has 0 saturated carbocycles. The summed E-state index contributed by atoms with van der Waals surface area (Å²) in [4.78, 5) is 11.4. The van der Waals surface area contributed by atoms with Crippen LogP contribution in [-0.2, 0) is 9.53 Å². The van der Waals surface area contributed by atoms with Crippen molar-refractivity contribution in [3.63, 3.8) is 0 Å². The highest BCUT2D eigenvalue weighted by Crippen LogP contribution is 2.35. The molecule has 0 aliphatic heterocycles. The first-order valence-corrected chi connectivity index (χ1v) is 5.84. The number of esters is 1. The lowest BCUT2D eigenvalue weighted by Crippen LogP contribution is -2.32. The van der Waals surface area contributed by atoms with Crippen molar-refractivity contribution in [2.45, 2.75) is 19.1 Å². The molecule has 1 unspecified atom stereocenters. The third kappa shape index (κ3) is 3.98. The maximum atomic E-state index is 14.0.